The number of piperazine rings is 1. The Morgan fingerprint density at radius 2 is 1.69 bits per heavy atom. The van der Waals surface area contributed by atoms with Crippen LogP contribution in [0.2, 0.25) is 0 Å². The lowest BCUT2D eigenvalue weighted by Crippen LogP contribution is -2.56. The minimum Gasteiger partial charge on any atom is -0.497 e. The van der Waals surface area contributed by atoms with Gasteiger partial charge in [-0.3, -0.25) is 14.6 Å². The van der Waals surface area contributed by atoms with E-state index in [0.29, 0.717) is 42.9 Å². The largest absolute Gasteiger partial charge is 0.497 e. The Hall–Kier alpha value is -3.56. The molecule has 0 unspecified atom stereocenters. The summed E-state index contributed by atoms with van der Waals surface area (Å²) in [6.07, 6.45) is -2.17. The number of piperidine rings is 1. The Bertz CT molecular complexity index is 1310. The standard InChI is InChI=1S/C33H39F3N4O2/c1-42-30-12-6-10-28(22-30)37-32(41)14-13-26-24-38(23-25-7-3-2-4-8-25)16-15-31(26)40-19-17-39(18-20-40)29-11-5-9-27(21-29)33(34,35)36/h2-12,21-22,26,31H,13-20,23-24H2,1H3,(H,37,41)/t26-,31+/m0/s1. The summed E-state index contributed by atoms with van der Waals surface area (Å²) in [4.78, 5) is 20.0. The molecule has 2 saturated heterocycles. The highest BCUT2D eigenvalue weighted by atomic mass is 19.4. The fraction of sp³-hybridized carbons (Fsp3) is 0.424. The number of rotatable bonds is 9. The lowest BCUT2D eigenvalue weighted by atomic mass is 9.86. The van der Waals surface area contributed by atoms with Gasteiger partial charge in [0, 0.05) is 69.2 Å². The number of anilines is 2. The number of nitrogens with zero attached hydrogens (tertiary/aromatic N) is 3. The summed E-state index contributed by atoms with van der Waals surface area (Å²) in [6.45, 7) is 5.67. The average molecular weight is 581 g/mol. The maximum atomic E-state index is 13.3. The van der Waals surface area contributed by atoms with Crippen LogP contribution in [-0.4, -0.2) is 68.1 Å². The molecule has 1 amide bonds. The normalized spacial score (nSPS) is 20.3. The van der Waals surface area contributed by atoms with Crippen LogP contribution in [0.1, 0.15) is 30.4 Å². The zero-order valence-corrected chi connectivity index (χ0v) is 24.0. The summed E-state index contributed by atoms with van der Waals surface area (Å²) in [7, 11) is 1.60. The number of amides is 1. The van der Waals surface area contributed by atoms with Crippen LogP contribution in [0.25, 0.3) is 0 Å². The monoisotopic (exact) mass is 580 g/mol. The molecule has 0 saturated carbocycles. The zero-order valence-electron chi connectivity index (χ0n) is 24.0. The number of ether oxygens (including phenoxy) is 1. The highest BCUT2D eigenvalue weighted by Gasteiger charge is 2.35. The first-order valence-corrected chi connectivity index (χ1v) is 14.6. The molecule has 2 aliphatic heterocycles. The van der Waals surface area contributed by atoms with Gasteiger partial charge in [0.2, 0.25) is 5.91 Å². The molecule has 1 N–H and O–H groups in total. The molecule has 9 heteroatoms. The quantitative estimate of drug-likeness (QED) is 0.329. The van der Waals surface area contributed by atoms with Crippen LogP contribution >= 0.6 is 0 Å². The summed E-state index contributed by atoms with van der Waals surface area (Å²) in [6, 6.07) is 23.8. The molecule has 2 aliphatic rings. The third kappa shape index (κ3) is 7.83. The highest BCUT2D eigenvalue weighted by Crippen LogP contribution is 2.33. The van der Waals surface area contributed by atoms with Gasteiger partial charge in [-0.15, -0.1) is 0 Å². The minimum absolute atomic E-state index is 0.0171. The summed E-state index contributed by atoms with van der Waals surface area (Å²) >= 11 is 0. The van der Waals surface area contributed by atoms with E-state index < -0.39 is 11.7 Å². The molecule has 2 fully saturated rings. The number of halogens is 3. The average Bonchev–Trinajstić information content (AvgIpc) is 3.00. The summed E-state index contributed by atoms with van der Waals surface area (Å²) in [5.74, 6) is 0.983. The molecule has 2 heterocycles. The van der Waals surface area contributed by atoms with Gasteiger partial charge in [0.1, 0.15) is 5.75 Å². The van der Waals surface area contributed by atoms with Crippen molar-refractivity contribution in [2.75, 3.05) is 56.6 Å². The predicted molar refractivity (Wildman–Crippen MR) is 160 cm³/mol. The van der Waals surface area contributed by atoms with Crippen molar-refractivity contribution in [1.29, 1.82) is 0 Å². The number of hydrogen-bond donors (Lipinski definition) is 1. The molecular weight excluding hydrogens is 541 g/mol. The number of alkyl halides is 3. The van der Waals surface area contributed by atoms with Crippen LogP contribution in [0.4, 0.5) is 24.5 Å². The van der Waals surface area contributed by atoms with E-state index in [9.17, 15) is 18.0 Å². The number of carbonyl (C=O) groups is 1. The van der Waals surface area contributed by atoms with E-state index in [0.717, 1.165) is 57.3 Å². The smallest absolute Gasteiger partial charge is 0.416 e. The van der Waals surface area contributed by atoms with Crippen LogP contribution in [0, 0.1) is 5.92 Å². The third-order valence-electron chi connectivity index (χ3n) is 8.44. The number of likely N-dealkylation sites (tertiary alicyclic amines) is 1. The molecule has 0 radical (unpaired) electrons. The predicted octanol–water partition coefficient (Wildman–Crippen LogP) is 6.15. The van der Waals surface area contributed by atoms with Gasteiger partial charge in [0.15, 0.2) is 0 Å². The molecule has 0 spiro atoms. The van der Waals surface area contributed by atoms with Crippen molar-refractivity contribution in [3.63, 3.8) is 0 Å². The Labute approximate surface area is 246 Å². The van der Waals surface area contributed by atoms with E-state index in [1.54, 1.807) is 13.2 Å². The first kappa shape index (κ1) is 29.9. The molecule has 224 valence electrons. The van der Waals surface area contributed by atoms with E-state index in [1.165, 1.54) is 17.7 Å². The van der Waals surface area contributed by atoms with Crippen molar-refractivity contribution in [2.24, 2.45) is 5.92 Å². The number of nitrogens with one attached hydrogen (secondary N) is 1. The Morgan fingerprint density at radius 1 is 0.929 bits per heavy atom. The van der Waals surface area contributed by atoms with Gasteiger partial charge in [-0.25, -0.2) is 0 Å². The van der Waals surface area contributed by atoms with Gasteiger partial charge in [-0.1, -0.05) is 42.5 Å². The number of hydrogen-bond acceptors (Lipinski definition) is 5. The van der Waals surface area contributed by atoms with E-state index >= 15 is 0 Å². The van der Waals surface area contributed by atoms with Crippen LogP contribution in [0.3, 0.4) is 0 Å². The SMILES string of the molecule is COc1cccc(NC(=O)CC[C@H]2CN(Cc3ccccc3)CC[C@H]2N2CCN(c3cccc(C(F)(F)F)c3)CC2)c1. The number of carbonyl (C=O) groups excluding carboxylic acids is 1. The topological polar surface area (TPSA) is 48.1 Å². The van der Waals surface area contributed by atoms with Crippen molar-refractivity contribution in [3.8, 4) is 5.75 Å². The van der Waals surface area contributed by atoms with Crippen molar-refractivity contribution < 1.29 is 22.7 Å². The fourth-order valence-electron chi connectivity index (χ4n) is 6.28. The van der Waals surface area contributed by atoms with Crippen LogP contribution < -0.4 is 15.0 Å². The molecule has 42 heavy (non-hydrogen) atoms. The maximum Gasteiger partial charge on any atom is 0.416 e. The minimum atomic E-state index is -4.35. The zero-order chi connectivity index (χ0) is 29.5. The maximum absolute atomic E-state index is 13.3. The van der Waals surface area contributed by atoms with E-state index in [1.807, 2.05) is 35.2 Å². The fourth-order valence-corrected chi connectivity index (χ4v) is 6.28. The summed E-state index contributed by atoms with van der Waals surface area (Å²) in [5.41, 5.74) is 2.00. The summed E-state index contributed by atoms with van der Waals surface area (Å²) < 4.78 is 45.1. The molecule has 0 aliphatic carbocycles. The number of benzene rings is 3. The lowest BCUT2D eigenvalue weighted by Gasteiger charge is -2.47. The van der Waals surface area contributed by atoms with Gasteiger partial charge >= 0.3 is 6.18 Å². The van der Waals surface area contributed by atoms with E-state index in [-0.39, 0.29) is 5.91 Å². The van der Waals surface area contributed by atoms with Crippen LogP contribution in [0.5, 0.6) is 5.75 Å². The van der Waals surface area contributed by atoms with Gasteiger partial charge in [0.05, 0.1) is 12.7 Å². The number of methoxy groups -OCH3 is 1. The van der Waals surface area contributed by atoms with E-state index in [4.69, 9.17) is 4.74 Å². The highest BCUT2D eigenvalue weighted by molar-refractivity contribution is 5.90. The van der Waals surface area contributed by atoms with Crippen LogP contribution in [0.15, 0.2) is 78.9 Å². The molecule has 0 aromatic heterocycles. The Kier molecular flexibility index (Phi) is 9.69. The van der Waals surface area contributed by atoms with Crippen molar-refractivity contribution in [1.82, 2.24) is 9.80 Å². The third-order valence-corrected chi connectivity index (χ3v) is 8.44. The van der Waals surface area contributed by atoms with Crippen LogP contribution in [-0.2, 0) is 17.5 Å². The first-order chi connectivity index (χ1) is 20.3. The molecule has 2 atom stereocenters. The lowest BCUT2D eigenvalue weighted by molar-refractivity contribution is -0.137. The molecule has 6 nitrogen and oxygen atoms in total. The molecular formula is C33H39F3N4O2. The van der Waals surface area contributed by atoms with Gasteiger partial charge in [-0.05, 0) is 61.2 Å². The first-order valence-electron chi connectivity index (χ1n) is 14.6. The Balaban J connectivity index is 1.22. The summed E-state index contributed by atoms with van der Waals surface area (Å²) in [5, 5.41) is 3.01. The van der Waals surface area contributed by atoms with Crippen molar-refractivity contribution >= 4 is 17.3 Å². The molecule has 5 rings (SSSR count). The molecule has 0 bridgehead atoms. The molecule has 3 aromatic rings. The second-order valence-electron chi connectivity index (χ2n) is 11.2. The van der Waals surface area contributed by atoms with Gasteiger partial charge in [-0.2, -0.15) is 13.2 Å². The Morgan fingerprint density at radius 3 is 2.43 bits per heavy atom. The molecule has 3 aromatic carbocycles. The van der Waals surface area contributed by atoms with Gasteiger partial charge < -0.3 is 15.0 Å². The second kappa shape index (κ2) is 13.6. The second-order valence-corrected chi connectivity index (χ2v) is 11.2. The van der Waals surface area contributed by atoms with Crippen molar-refractivity contribution in [2.45, 2.75) is 38.0 Å². The van der Waals surface area contributed by atoms with Crippen molar-refractivity contribution in [3.05, 3.63) is 90.0 Å². The van der Waals surface area contributed by atoms with Gasteiger partial charge in [0.25, 0.3) is 0 Å². The van der Waals surface area contributed by atoms with E-state index in [2.05, 4.69) is 39.4 Å².